The van der Waals surface area contributed by atoms with E-state index in [1.54, 1.807) is 15.9 Å². The summed E-state index contributed by atoms with van der Waals surface area (Å²) < 4.78 is 5.53. The van der Waals surface area contributed by atoms with E-state index < -0.39 is 6.04 Å². The summed E-state index contributed by atoms with van der Waals surface area (Å²) >= 11 is 0. The first-order valence-electron chi connectivity index (χ1n) is 9.60. The summed E-state index contributed by atoms with van der Waals surface area (Å²) in [6.45, 7) is 6.67. The highest BCUT2D eigenvalue weighted by Gasteiger charge is 2.32. The minimum atomic E-state index is -0.409. The molecule has 7 heteroatoms. The van der Waals surface area contributed by atoms with Crippen molar-refractivity contribution in [2.45, 2.75) is 39.2 Å². The number of amides is 3. The molecular formula is C20H27N3O4. The third kappa shape index (κ3) is 4.40. The second-order valence-electron chi connectivity index (χ2n) is 7.04. The number of nitrogens with zero attached hydrogens (tertiary/aromatic N) is 2. The van der Waals surface area contributed by atoms with Gasteiger partial charge in [0.1, 0.15) is 11.8 Å². The SMILES string of the molecule is CCOc1ccc(C(=O)N2CCCN(C(=O)C3CCC(=O)N3)CC2)cc1C. The number of rotatable bonds is 4. The zero-order chi connectivity index (χ0) is 19.4. The maximum absolute atomic E-state index is 12.9. The number of benzene rings is 1. The van der Waals surface area contributed by atoms with Crippen LogP contribution in [0.4, 0.5) is 0 Å². The molecule has 1 aromatic carbocycles. The number of nitrogens with one attached hydrogen (secondary N) is 1. The standard InChI is InChI=1S/C20H27N3O4/c1-3-27-17-7-5-15(13-14(17)2)19(25)22-9-4-10-23(12-11-22)20(26)16-6-8-18(24)21-16/h5,7,13,16H,3-4,6,8-12H2,1-2H3,(H,21,24). The fourth-order valence-corrected chi connectivity index (χ4v) is 3.64. The maximum Gasteiger partial charge on any atom is 0.253 e. The van der Waals surface area contributed by atoms with E-state index in [1.165, 1.54) is 0 Å². The van der Waals surface area contributed by atoms with E-state index in [1.807, 2.05) is 26.0 Å². The minimum absolute atomic E-state index is 0.0235. The monoisotopic (exact) mass is 373 g/mol. The zero-order valence-electron chi connectivity index (χ0n) is 16.0. The van der Waals surface area contributed by atoms with E-state index in [0.717, 1.165) is 17.7 Å². The first-order valence-corrected chi connectivity index (χ1v) is 9.60. The van der Waals surface area contributed by atoms with Crippen LogP contribution in [0.15, 0.2) is 18.2 Å². The molecule has 7 nitrogen and oxygen atoms in total. The van der Waals surface area contributed by atoms with Crippen molar-refractivity contribution in [3.8, 4) is 5.75 Å². The Balaban J connectivity index is 1.62. The van der Waals surface area contributed by atoms with Gasteiger partial charge in [-0.15, -0.1) is 0 Å². The van der Waals surface area contributed by atoms with E-state index in [4.69, 9.17) is 4.74 Å². The second-order valence-corrected chi connectivity index (χ2v) is 7.04. The molecule has 2 heterocycles. The van der Waals surface area contributed by atoms with Gasteiger partial charge in [0.25, 0.3) is 5.91 Å². The first-order chi connectivity index (χ1) is 13.0. The van der Waals surface area contributed by atoms with Crippen LogP contribution in [0.1, 0.15) is 42.1 Å². The average Bonchev–Trinajstić information content (AvgIpc) is 2.94. The van der Waals surface area contributed by atoms with Gasteiger partial charge in [-0.25, -0.2) is 0 Å². The van der Waals surface area contributed by atoms with Gasteiger partial charge in [0, 0.05) is 38.2 Å². The van der Waals surface area contributed by atoms with Gasteiger partial charge in [-0.3, -0.25) is 14.4 Å². The fourth-order valence-electron chi connectivity index (χ4n) is 3.64. The van der Waals surface area contributed by atoms with Crippen molar-refractivity contribution in [2.75, 3.05) is 32.8 Å². The van der Waals surface area contributed by atoms with Crippen molar-refractivity contribution in [1.82, 2.24) is 15.1 Å². The Morgan fingerprint density at radius 2 is 1.93 bits per heavy atom. The molecule has 2 aliphatic heterocycles. The van der Waals surface area contributed by atoms with Gasteiger partial charge in [0.05, 0.1) is 6.61 Å². The van der Waals surface area contributed by atoms with Gasteiger partial charge in [-0.2, -0.15) is 0 Å². The Morgan fingerprint density at radius 1 is 1.19 bits per heavy atom. The van der Waals surface area contributed by atoms with Gasteiger partial charge >= 0.3 is 0 Å². The maximum atomic E-state index is 12.9. The summed E-state index contributed by atoms with van der Waals surface area (Å²) in [6.07, 6.45) is 1.70. The molecule has 0 saturated carbocycles. The molecule has 1 N–H and O–H groups in total. The highest BCUT2D eigenvalue weighted by atomic mass is 16.5. The van der Waals surface area contributed by atoms with Crippen LogP contribution in [0.2, 0.25) is 0 Å². The van der Waals surface area contributed by atoms with Crippen LogP contribution >= 0.6 is 0 Å². The molecule has 0 spiro atoms. The summed E-state index contributed by atoms with van der Waals surface area (Å²) in [4.78, 5) is 40.4. The van der Waals surface area contributed by atoms with Crippen molar-refractivity contribution in [3.05, 3.63) is 29.3 Å². The molecule has 2 saturated heterocycles. The number of hydrogen-bond donors (Lipinski definition) is 1. The summed E-state index contributed by atoms with van der Waals surface area (Å²) in [7, 11) is 0. The molecule has 2 fully saturated rings. The van der Waals surface area contributed by atoms with Crippen LogP contribution < -0.4 is 10.1 Å². The lowest BCUT2D eigenvalue weighted by atomic mass is 10.1. The molecule has 3 rings (SSSR count). The van der Waals surface area contributed by atoms with Crippen molar-refractivity contribution in [2.24, 2.45) is 0 Å². The van der Waals surface area contributed by atoms with Gasteiger partial charge in [-0.1, -0.05) is 0 Å². The topological polar surface area (TPSA) is 79.0 Å². The summed E-state index contributed by atoms with van der Waals surface area (Å²) in [5, 5.41) is 2.73. The summed E-state index contributed by atoms with van der Waals surface area (Å²) in [5.41, 5.74) is 1.57. The molecule has 1 aromatic rings. The molecule has 0 aliphatic carbocycles. The van der Waals surface area contributed by atoms with Crippen LogP contribution in [0.25, 0.3) is 0 Å². The number of carbonyl (C=O) groups is 3. The van der Waals surface area contributed by atoms with E-state index in [9.17, 15) is 14.4 Å². The van der Waals surface area contributed by atoms with E-state index in [2.05, 4.69) is 5.32 Å². The normalized spacial score (nSPS) is 20.2. The lowest BCUT2D eigenvalue weighted by molar-refractivity contribution is -0.134. The highest BCUT2D eigenvalue weighted by Crippen LogP contribution is 2.21. The third-order valence-electron chi connectivity index (χ3n) is 5.11. The molecule has 27 heavy (non-hydrogen) atoms. The van der Waals surface area contributed by atoms with Gasteiger partial charge < -0.3 is 19.9 Å². The lowest BCUT2D eigenvalue weighted by Crippen LogP contribution is -2.46. The molecule has 1 atom stereocenters. The molecular weight excluding hydrogens is 346 g/mol. The highest BCUT2D eigenvalue weighted by molar-refractivity contribution is 5.95. The predicted octanol–water partition coefficient (Wildman–Crippen LogP) is 1.35. The second kappa shape index (κ2) is 8.41. The Kier molecular flexibility index (Phi) is 5.98. The number of carbonyl (C=O) groups excluding carboxylic acids is 3. The third-order valence-corrected chi connectivity index (χ3v) is 5.11. The number of ether oxygens (including phenoxy) is 1. The van der Waals surface area contributed by atoms with Crippen LogP contribution in [0.3, 0.4) is 0 Å². The van der Waals surface area contributed by atoms with E-state index >= 15 is 0 Å². The Labute approximate surface area is 159 Å². The van der Waals surface area contributed by atoms with Gasteiger partial charge in [-0.05, 0) is 50.5 Å². The molecule has 1 unspecified atom stereocenters. The van der Waals surface area contributed by atoms with Gasteiger partial charge in [0.2, 0.25) is 11.8 Å². The molecule has 146 valence electrons. The molecule has 3 amide bonds. The predicted molar refractivity (Wildman–Crippen MR) is 101 cm³/mol. The summed E-state index contributed by atoms with van der Waals surface area (Å²) in [5.74, 6) is 0.669. The van der Waals surface area contributed by atoms with E-state index in [-0.39, 0.29) is 17.7 Å². The van der Waals surface area contributed by atoms with Crippen LogP contribution in [-0.4, -0.2) is 66.3 Å². The molecule has 0 bridgehead atoms. The molecule has 0 aromatic heterocycles. The van der Waals surface area contributed by atoms with Crippen molar-refractivity contribution >= 4 is 17.7 Å². The first kappa shape index (κ1) is 19.2. The smallest absolute Gasteiger partial charge is 0.253 e. The number of hydrogen-bond acceptors (Lipinski definition) is 4. The van der Waals surface area contributed by atoms with Crippen molar-refractivity contribution in [3.63, 3.8) is 0 Å². The Bertz CT molecular complexity index is 734. The van der Waals surface area contributed by atoms with Gasteiger partial charge in [0.15, 0.2) is 0 Å². The zero-order valence-corrected chi connectivity index (χ0v) is 16.0. The van der Waals surface area contributed by atoms with E-state index in [0.29, 0.717) is 51.2 Å². The van der Waals surface area contributed by atoms with Crippen molar-refractivity contribution in [1.29, 1.82) is 0 Å². The average molecular weight is 373 g/mol. The largest absolute Gasteiger partial charge is 0.494 e. The lowest BCUT2D eigenvalue weighted by Gasteiger charge is -2.24. The van der Waals surface area contributed by atoms with Crippen LogP contribution in [-0.2, 0) is 9.59 Å². The Hall–Kier alpha value is -2.57. The molecule has 0 radical (unpaired) electrons. The number of aryl methyl sites for hydroxylation is 1. The van der Waals surface area contributed by atoms with Crippen LogP contribution in [0.5, 0.6) is 5.75 Å². The van der Waals surface area contributed by atoms with Crippen molar-refractivity contribution < 1.29 is 19.1 Å². The molecule has 2 aliphatic rings. The van der Waals surface area contributed by atoms with Crippen LogP contribution in [0, 0.1) is 6.92 Å². The quantitative estimate of drug-likeness (QED) is 0.864. The summed E-state index contributed by atoms with van der Waals surface area (Å²) in [6, 6.07) is 5.08. The Morgan fingerprint density at radius 3 is 2.59 bits per heavy atom. The minimum Gasteiger partial charge on any atom is -0.494 e. The fraction of sp³-hybridized carbons (Fsp3) is 0.550.